The third-order valence-electron chi connectivity index (χ3n) is 8.96. The van der Waals surface area contributed by atoms with Gasteiger partial charge in [-0.15, -0.1) is 0 Å². The number of aliphatic hydroxyl groups is 1. The van der Waals surface area contributed by atoms with Crippen molar-refractivity contribution in [3.8, 4) is 0 Å². The largest absolute Gasteiger partial charge is 0.413 e. The molecule has 0 aliphatic heterocycles. The van der Waals surface area contributed by atoms with Gasteiger partial charge in [-0.25, -0.2) is 0 Å². The topological polar surface area (TPSA) is 29.5 Å². The summed E-state index contributed by atoms with van der Waals surface area (Å²) in [5.74, 6) is 0.306. The van der Waals surface area contributed by atoms with Crippen LogP contribution in [0.1, 0.15) is 76.5 Å². The fourth-order valence-electron chi connectivity index (χ4n) is 6.01. The summed E-state index contributed by atoms with van der Waals surface area (Å²) in [5.41, 5.74) is 4.69. The predicted octanol–water partition coefficient (Wildman–Crippen LogP) is 6.66. The van der Waals surface area contributed by atoms with Gasteiger partial charge in [0.25, 0.3) is 0 Å². The summed E-state index contributed by atoms with van der Waals surface area (Å²) in [4.78, 5) is 0. The summed E-state index contributed by atoms with van der Waals surface area (Å²) < 4.78 is 6.98. The first-order valence-corrected chi connectivity index (χ1v) is 14.5. The molecular formula is C26H40O2Si. The summed E-state index contributed by atoms with van der Waals surface area (Å²) >= 11 is 0. The van der Waals surface area contributed by atoms with Crippen molar-refractivity contribution in [1.82, 2.24) is 0 Å². The Morgan fingerprint density at radius 3 is 2.52 bits per heavy atom. The second-order valence-corrected chi connectivity index (χ2v) is 16.6. The molecule has 4 atom stereocenters. The molecule has 160 valence electrons. The van der Waals surface area contributed by atoms with Gasteiger partial charge in [-0.2, -0.15) is 0 Å². The molecule has 0 heterocycles. The van der Waals surface area contributed by atoms with Crippen molar-refractivity contribution in [2.45, 2.75) is 103 Å². The van der Waals surface area contributed by atoms with Gasteiger partial charge in [-0.1, -0.05) is 57.5 Å². The fraction of sp³-hybridized carbons (Fsp3) is 0.692. The average Bonchev–Trinajstić information content (AvgIpc) is 2.85. The quantitative estimate of drug-likeness (QED) is 0.551. The number of hydrogen-bond donors (Lipinski definition) is 1. The maximum atomic E-state index is 12.1. The molecule has 0 unspecified atom stereocenters. The molecule has 1 aromatic rings. The highest BCUT2D eigenvalue weighted by atomic mass is 28.4. The average molecular weight is 413 g/mol. The third kappa shape index (κ3) is 3.38. The monoisotopic (exact) mass is 412 g/mol. The van der Waals surface area contributed by atoms with Crippen LogP contribution in [-0.2, 0) is 10.8 Å². The van der Waals surface area contributed by atoms with E-state index in [9.17, 15) is 5.11 Å². The zero-order chi connectivity index (χ0) is 21.2. The smallest absolute Gasteiger partial charge is 0.192 e. The minimum absolute atomic E-state index is 0.0774. The fourth-order valence-corrected chi connectivity index (χ4v) is 7.46. The number of aryl methyl sites for hydroxylation is 2. The minimum atomic E-state index is -1.83. The van der Waals surface area contributed by atoms with Gasteiger partial charge in [0.2, 0.25) is 0 Å². The summed E-state index contributed by atoms with van der Waals surface area (Å²) in [6.45, 7) is 16.3. The van der Waals surface area contributed by atoms with Crippen LogP contribution in [0, 0.1) is 18.3 Å². The molecule has 1 aromatic carbocycles. The van der Waals surface area contributed by atoms with Crippen LogP contribution in [0.4, 0.5) is 0 Å². The minimum Gasteiger partial charge on any atom is -0.413 e. The van der Waals surface area contributed by atoms with Crippen molar-refractivity contribution in [3.63, 3.8) is 0 Å². The van der Waals surface area contributed by atoms with Crippen LogP contribution in [-0.4, -0.2) is 25.1 Å². The van der Waals surface area contributed by atoms with E-state index in [-0.39, 0.29) is 16.6 Å². The second kappa shape index (κ2) is 6.80. The first-order valence-electron chi connectivity index (χ1n) is 11.6. The lowest BCUT2D eigenvalue weighted by molar-refractivity contribution is -0.0846. The van der Waals surface area contributed by atoms with E-state index in [2.05, 4.69) is 72.0 Å². The van der Waals surface area contributed by atoms with Crippen molar-refractivity contribution in [2.24, 2.45) is 11.3 Å². The maximum Gasteiger partial charge on any atom is 0.192 e. The summed E-state index contributed by atoms with van der Waals surface area (Å²) in [6, 6.07) is 6.76. The van der Waals surface area contributed by atoms with E-state index in [1.807, 2.05) is 0 Å². The number of hydrogen-bond acceptors (Lipinski definition) is 2. The summed E-state index contributed by atoms with van der Waals surface area (Å²) in [7, 11) is -1.83. The van der Waals surface area contributed by atoms with Crippen LogP contribution < -0.4 is 0 Å². The maximum absolute atomic E-state index is 12.1. The number of fused-ring (bicyclic) bond motifs is 4. The summed E-state index contributed by atoms with van der Waals surface area (Å²) in [6.07, 6.45) is 8.73. The molecule has 3 heteroatoms. The van der Waals surface area contributed by atoms with Crippen molar-refractivity contribution in [3.05, 3.63) is 40.5 Å². The Morgan fingerprint density at radius 2 is 1.83 bits per heavy atom. The predicted molar refractivity (Wildman–Crippen MR) is 125 cm³/mol. The molecule has 0 radical (unpaired) electrons. The van der Waals surface area contributed by atoms with Gasteiger partial charge < -0.3 is 9.53 Å². The van der Waals surface area contributed by atoms with Crippen LogP contribution in [0.25, 0.3) is 6.08 Å². The van der Waals surface area contributed by atoms with E-state index in [1.165, 1.54) is 22.3 Å². The zero-order valence-electron chi connectivity index (χ0n) is 19.6. The molecule has 0 aromatic heterocycles. The molecule has 4 rings (SSSR count). The van der Waals surface area contributed by atoms with Crippen molar-refractivity contribution in [2.75, 3.05) is 0 Å². The lowest BCUT2D eigenvalue weighted by atomic mass is 9.58. The third-order valence-corrected chi connectivity index (χ3v) is 13.5. The highest BCUT2D eigenvalue weighted by Gasteiger charge is 2.60. The second-order valence-electron chi connectivity index (χ2n) is 11.8. The van der Waals surface area contributed by atoms with E-state index in [0.717, 1.165) is 38.5 Å². The van der Waals surface area contributed by atoms with E-state index >= 15 is 0 Å². The zero-order valence-corrected chi connectivity index (χ0v) is 20.6. The van der Waals surface area contributed by atoms with E-state index in [4.69, 9.17) is 4.43 Å². The molecule has 1 N–H and O–H groups in total. The van der Waals surface area contributed by atoms with Crippen molar-refractivity contribution < 1.29 is 9.53 Å². The first-order chi connectivity index (χ1) is 13.4. The Labute approximate surface area is 178 Å². The molecule has 0 amide bonds. The molecule has 0 saturated heterocycles. The van der Waals surface area contributed by atoms with Gasteiger partial charge in [0.05, 0.1) is 11.7 Å². The van der Waals surface area contributed by atoms with Gasteiger partial charge >= 0.3 is 0 Å². The molecule has 3 aliphatic carbocycles. The normalized spacial score (nSPS) is 34.7. The molecule has 0 bridgehead atoms. The SMILES string of the molecule is Cc1ccc2c(c1)C=C1CC[C@]3(C)[C@@H](O[Si](C)(C)C(C)(C)C)CC[C@H]3[C@@]1(O)CC2. The Morgan fingerprint density at radius 1 is 1.10 bits per heavy atom. The highest BCUT2D eigenvalue weighted by molar-refractivity contribution is 6.74. The van der Waals surface area contributed by atoms with Crippen LogP contribution >= 0.6 is 0 Å². The van der Waals surface area contributed by atoms with Gasteiger partial charge in [-0.05, 0) is 91.6 Å². The molecule has 29 heavy (non-hydrogen) atoms. The van der Waals surface area contributed by atoms with Gasteiger partial charge in [0.1, 0.15) is 0 Å². The van der Waals surface area contributed by atoms with Crippen molar-refractivity contribution >= 4 is 14.4 Å². The lowest BCUT2D eigenvalue weighted by Gasteiger charge is -2.52. The Bertz CT molecular complexity index is 834. The summed E-state index contributed by atoms with van der Waals surface area (Å²) in [5, 5.41) is 12.3. The Balaban J connectivity index is 1.65. The van der Waals surface area contributed by atoms with E-state index in [1.54, 1.807) is 0 Å². The number of benzene rings is 1. The lowest BCUT2D eigenvalue weighted by Crippen LogP contribution is -2.54. The highest BCUT2D eigenvalue weighted by Crippen LogP contribution is 2.61. The Kier molecular flexibility index (Phi) is 5.00. The Hall–Kier alpha value is -0.903. The van der Waals surface area contributed by atoms with Gasteiger partial charge in [0, 0.05) is 0 Å². The molecule has 3 aliphatic rings. The van der Waals surface area contributed by atoms with Crippen LogP contribution in [0.2, 0.25) is 18.1 Å². The molecule has 2 fully saturated rings. The van der Waals surface area contributed by atoms with Gasteiger partial charge in [0.15, 0.2) is 8.32 Å². The van der Waals surface area contributed by atoms with Crippen molar-refractivity contribution in [1.29, 1.82) is 0 Å². The molecule has 0 spiro atoms. The van der Waals surface area contributed by atoms with Crippen LogP contribution in [0.15, 0.2) is 23.8 Å². The van der Waals surface area contributed by atoms with E-state index < -0.39 is 13.9 Å². The van der Waals surface area contributed by atoms with Gasteiger partial charge in [-0.3, -0.25) is 0 Å². The standard InChI is InChI=1S/C26H40O2Si/c1-18-8-9-19-12-15-26(27)21(17-20(19)16-18)13-14-25(5)22(26)10-11-23(25)28-29(6,7)24(2,3)4/h8-9,16-17,22-23,27H,10-15H2,1-7H3/t22-,23+,25+,26-/m1/s1. The van der Waals surface area contributed by atoms with Crippen LogP contribution in [0.3, 0.4) is 0 Å². The molecule has 2 nitrogen and oxygen atoms in total. The first kappa shape index (κ1) is 21.3. The number of rotatable bonds is 2. The molecular weight excluding hydrogens is 372 g/mol. The molecule has 2 saturated carbocycles. The van der Waals surface area contributed by atoms with E-state index in [0.29, 0.717) is 5.92 Å². The van der Waals surface area contributed by atoms with Crippen LogP contribution in [0.5, 0.6) is 0 Å².